The lowest BCUT2D eigenvalue weighted by Crippen LogP contribution is -2.30. The van der Waals surface area contributed by atoms with E-state index in [-0.39, 0.29) is 10.8 Å². The third-order valence-electron chi connectivity index (χ3n) is 4.49. The van der Waals surface area contributed by atoms with E-state index in [1.807, 2.05) is 0 Å². The minimum Gasteiger partial charge on any atom is -0.465 e. The summed E-state index contributed by atoms with van der Waals surface area (Å²) in [5.74, 6) is -0.698. The molecule has 0 aromatic heterocycles. The summed E-state index contributed by atoms with van der Waals surface area (Å²) in [5, 5.41) is 2.75. The molecule has 0 saturated heterocycles. The molecule has 2 rings (SSSR count). The number of methoxy groups -OCH3 is 1. The summed E-state index contributed by atoms with van der Waals surface area (Å²) >= 11 is 0. The number of carbonyl (C=O) groups is 2. The van der Waals surface area contributed by atoms with Gasteiger partial charge in [-0.3, -0.25) is 4.79 Å². The number of sulfonamides is 1. The van der Waals surface area contributed by atoms with Crippen LogP contribution < -0.4 is 5.32 Å². The third kappa shape index (κ3) is 6.01. The van der Waals surface area contributed by atoms with Crippen LogP contribution in [0.2, 0.25) is 0 Å². The van der Waals surface area contributed by atoms with Crippen molar-refractivity contribution in [1.82, 2.24) is 9.62 Å². The minimum absolute atomic E-state index is 0.225. The van der Waals surface area contributed by atoms with Crippen LogP contribution in [-0.4, -0.2) is 44.8 Å². The van der Waals surface area contributed by atoms with E-state index in [0.29, 0.717) is 30.8 Å². The molecule has 0 fully saturated rings. The minimum atomic E-state index is -3.50. The maximum absolute atomic E-state index is 12.5. The van der Waals surface area contributed by atoms with Gasteiger partial charge in [0.25, 0.3) is 0 Å². The molecule has 0 saturated carbocycles. The van der Waals surface area contributed by atoms with Crippen LogP contribution in [0.25, 0.3) is 6.08 Å². The van der Waals surface area contributed by atoms with E-state index in [1.54, 1.807) is 56.3 Å². The standard InChI is InChI=1S/C22H26N2O5S/c1-4-24(5-2)30(27,28)20-13-8-17(9-14-20)10-15-21(25)23-16-18-6-11-19(12-7-18)22(26)29-3/h6-15H,4-5,16H2,1-3H3,(H,23,25)/b15-10+. The van der Waals surface area contributed by atoms with Gasteiger partial charge >= 0.3 is 5.97 Å². The largest absolute Gasteiger partial charge is 0.465 e. The first-order valence-electron chi connectivity index (χ1n) is 9.55. The highest BCUT2D eigenvalue weighted by Crippen LogP contribution is 2.16. The summed E-state index contributed by atoms with van der Waals surface area (Å²) in [6.07, 6.45) is 3.00. The van der Waals surface area contributed by atoms with E-state index in [9.17, 15) is 18.0 Å². The summed E-state index contributed by atoms with van der Waals surface area (Å²) in [4.78, 5) is 23.7. The van der Waals surface area contributed by atoms with Crippen LogP contribution in [0.4, 0.5) is 0 Å². The molecular weight excluding hydrogens is 404 g/mol. The molecule has 1 N–H and O–H groups in total. The van der Waals surface area contributed by atoms with Crippen molar-refractivity contribution >= 4 is 28.0 Å². The molecule has 0 heterocycles. The number of benzene rings is 2. The van der Waals surface area contributed by atoms with Gasteiger partial charge in [-0.1, -0.05) is 38.1 Å². The molecule has 0 spiro atoms. The number of ether oxygens (including phenoxy) is 1. The first-order chi connectivity index (χ1) is 14.3. The highest BCUT2D eigenvalue weighted by Gasteiger charge is 2.20. The van der Waals surface area contributed by atoms with Crippen molar-refractivity contribution in [3.8, 4) is 0 Å². The number of rotatable bonds is 9. The van der Waals surface area contributed by atoms with Crippen LogP contribution >= 0.6 is 0 Å². The lowest BCUT2D eigenvalue weighted by atomic mass is 10.1. The average Bonchev–Trinajstić information content (AvgIpc) is 2.77. The molecule has 0 aliphatic carbocycles. The summed E-state index contributed by atoms with van der Waals surface area (Å²) in [5.41, 5.74) is 2.00. The maximum atomic E-state index is 12.5. The number of amides is 1. The van der Waals surface area contributed by atoms with Gasteiger partial charge in [-0.15, -0.1) is 0 Å². The van der Waals surface area contributed by atoms with E-state index >= 15 is 0 Å². The molecule has 0 atom stereocenters. The number of nitrogens with one attached hydrogen (secondary N) is 1. The second-order valence-corrected chi connectivity index (χ2v) is 8.34. The number of nitrogens with zero attached hydrogens (tertiary/aromatic N) is 1. The first kappa shape index (κ1) is 23.3. The Morgan fingerprint density at radius 1 is 1.00 bits per heavy atom. The van der Waals surface area contributed by atoms with Gasteiger partial charge < -0.3 is 10.1 Å². The predicted molar refractivity (Wildman–Crippen MR) is 115 cm³/mol. The van der Waals surface area contributed by atoms with Gasteiger partial charge in [-0.2, -0.15) is 4.31 Å². The molecule has 30 heavy (non-hydrogen) atoms. The zero-order valence-electron chi connectivity index (χ0n) is 17.3. The van der Waals surface area contributed by atoms with Gasteiger partial charge in [0.2, 0.25) is 15.9 Å². The smallest absolute Gasteiger partial charge is 0.337 e. The Morgan fingerprint density at radius 2 is 1.60 bits per heavy atom. The molecule has 2 aromatic rings. The highest BCUT2D eigenvalue weighted by atomic mass is 32.2. The van der Waals surface area contributed by atoms with Crippen molar-refractivity contribution in [3.63, 3.8) is 0 Å². The number of esters is 1. The molecule has 1 amide bonds. The molecule has 0 unspecified atom stereocenters. The molecule has 8 heteroatoms. The Balaban J connectivity index is 1.94. The van der Waals surface area contributed by atoms with E-state index in [2.05, 4.69) is 10.1 Å². The molecule has 7 nitrogen and oxygen atoms in total. The molecule has 2 aromatic carbocycles. The first-order valence-corrected chi connectivity index (χ1v) is 11.0. The lowest BCUT2D eigenvalue weighted by molar-refractivity contribution is -0.116. The summed E-state index contributed by atoms with van der Waals surface area (Å²) < 4.78 is 31.0. The van der Waals surface area contributed by atoms with E-state index in [0.717, 1.165) is 5.56 Å². The topological polar surface area (TPSA) is 92.8 Å². The van der Waals surface area contributed by atoms with Crippen LogP contribution in [0.1, 0.15) is 35.3 Å². The van der Waals surface area contributed by atoms with Crippen LogP contribution in [0.5, 0.6) is 0 Å². The Kier molecular flexibility index (Phi) is 8.32. The number of carbonyl (C=O) groups excluding carboxylic acids is 2. The summed E-state index contributed by atoms with van der Waals surface area (Å²) in [6.45, 7) is 4.72. The van der Waals surface area contributed by atoms with Gasteiger partial charge in [-0.25, -0.2) is 13.2 Å². The molecule has 0 radical (unpaired) electrons. The lowest BCUT2D eigenvalue weighted by Gasteiger charge is -2.18. The van der Waals surface area contributed by atoms with Crippen LogP contribution in [0.3, 0.4) is 0 Å². The van der Waals surface area contributed by atoms with E-state index in [4.69, 9.17) is 0 Å². The number of hydrogen-bond acceptors (Lipinski definition) is 5. The van der Waals surface area contributed by atoms with Crippen LogP contribution in [0, 0.1) is 0 Å². The molecular formula is C22H26N2O5S. The summed E-state index contributed by atoms with van der Waals surface area (Å²) in [7, 11) is -2.18. The van der Waals surface area contributed by atoms with Crippen LogP contribution in [0.15, 0.2) is 59.5 Å². The van der Waals surface area contributed by atoms with Gasteiger partial charge in [-0.05, 0) is 41.5 Å². The third-order valence-corrected chi connectivity index (χ3v) is 6.56. The quantitative estimate of drug-likeness (QED) is 0.488. The van der Waals surface area contributed by atoms with Crippen molar-refractivity contribution in [1.29, 1.82) is 0 Å². The van der Waals surface area contributed by atoms with Crippen molar-refractivity contribution in [2.24, 2.45) is 0 Å². The monoisotopic (exact) mass is 430 g/mol. The highest BCUT2D eigenvalue weighted by molar-refractivity contribution is 7.89. The maximum Gasteiger partial charge on any atom is 0.337 e. The zero-order valence-corrected chi connectivity index (χ0v) is 18.1. The van der Waals surface area contributed by atoms with Crippen molar-refractivity contribution in [2.75, 3.05) is 20.2 Å². The number of hydrogen-bond donors (Lipinski definition) is 1. The van der Waals surface area contributed by atoms with Gasteiger partial charge in [0.15, 0.2) is 0 Å². The Labute approximate surface area is 177 Å². The second-order valence-electron chi connectivity index (χ2n) is 6.40. The van der Waals surface area contributed by atoms with E-state index in [1.165, 1.54) is 29.6 Å². The SMILES string of the molecule is CCN(CC)S(=O)(=O)c1ccc(/C=C/C(=O)NCc2ccc(C(=O)OC)cc2)cc1. The Hall–Kier alpha value is -2.97. The fraction of sp³-hybridized carbons (Fsp3) is 0.273. The van der Waals surface area contributed by atoms with Gasteiger partial charge in [0.05, 0.1) is 17.6 Å². The van der Waals surface area contributed by atoms with E-state index < -0.39 is 16.0 Å². The van der Waals surface area contributed by atoms with Crippen molar-refractivity contribution in [3.05, 3.63) is 71.3 Å². The zero-order chi connectivity index (χ0) is 22.1. The molecule has 0 aliphatic heterocycles. The van der Waals surface area contributed by atoms with Gasteiger partial charge in [0.1, 0.15) is 0 Å². The van der Waals surface area contributed by atoms with Crippen molar-refractivity contribution < 1.29 is 22.7 Å². The van der Waals surface area contributed by atoms with Crippen LogP contribution in [-0.2, 0) is 26.1 Å². The Morgan fingerprint density at radius 3 is 2.13 bits per heavy atom. The molecule has 0 aliphatic rings. The Bertz CT molecular complexity index is 993. The fourth-order valence-corrected chi connectivity index (χ4v) is 4.22. The molecule has 0 bridgehead atoms. The fourth-order valence-electron chi connectivity index (χ4n) is 2.76. The predicted octanol–water partition coefficient (Wildman–Crippen LogP) is 2.83. The average molecular weight is 431 g/mol. The van der Waals surface area contributed by atoms with Crippen molar-refractivity contribution in [2.45, 2.75) is 25.3 Å². The second kappa shape index (κ2) is 10.7. The normalized spacial score (nSPS) is 11.6. The molecule has 160 valence electrons. The van der Waals surface area contributed by atoms with Gasteiger partial charge in [0, 0.05) is 25.7 Å². The summed E-state index contributed by atoms with van der Waals surface area (Å²) in [6, 6.07) is 13.1.